The number of aromatic nitrogens is 1. The van der Waals surface area contributed by atoms with Crippen molar-refractivity contribution >= 4 is 28.0 Å². The molecule has 2 heteroatoms. The smallest absolute Gasteiger partial charge is 0.0641 e. The predicted molar refractivity (Wildman–Crippen MR) is 193 cm³/mol. The average molecular weight is 587 g/mol. The molecule has 0 radical (unpaired) electrons. The summed E-state index contributed by atoms with van der Waals surface area (Å²) < 4.78 is 2.44. The van der Waals surface area contributed by atoms with Crippen molar-refractivity contribution in [3.8, 4) is 50.3 Å². The lowest BCUT2D eigenvalue weighted by molar-refractivity contribution is 1.13. The highest BCUT2D eigenvalue weighted by molar-refractivity contribution is 6.13. The van der Waals surface area contributed by atoms with Crippen LogP contribution < -0.4 is 4.90 Å². The second-order valence-corrected chi connectivity index (χ2v) is 11.8. The van der Waals surface area contributed by atoms with Crippen molar-refractivity contribution in [3.63, 3.8) is 0 Å². The molecule has 1 aliphatic rings. The molecule has 0 fully saturated rings. The molecule has 0 unspecified atom stereocenters. The van der Waals surface area contributed by atoms with Gasteiger partial charge in [-0.3, -0.25) is 0 Å². The summed E-state index contributed by atoms with van der Waals surface area (Å²) in [4.78, 5) is 2.44. The Morgan fingerprint density at radius 2 is 0.870 bits per heavy atom. The molecular formula is C44H30N2. The number of fused-ring (bicyclic) bond motifs is 7. The highest BCUT2D eigenvalue weighted by atomic mass is 15.2. The molecule has 0 atom stereocenters. The van der Waals surface area contributed by atoms with E-state index in [4.69, 9.17) is 0 Å². The zero-order valence-electron chi connectivity index (χ0n) is 25.2. The SMILES string of the molecule is c1ccc(-c2ccc(-c3cccc(N4c5ccccc5-c5c(n(-c6ccccc6)c6ccccc56)-c5ccccc54)c3)cc2)cc1. The molecule has 0 N–H and O–H groups in total. The Bertz CT molecular complexity index is 2350. The largest absolute Gasteiger partial charge is 0.309 e. The molecule has 46 heavy (non-hydrogen) atoms. The number of hydrogen-bond donors (Lipinski definition) is 0. The molecule has 0 spiro atoms. The molecule has 0 saturated carbocycles. The van der Waals surface area contributed by atoms with Crippen LogP contribution >= 0.6 is 0 Å². The number of rotatable bonds is 4. The Morgan fingerprint density at radius 3 is 1.63 bits per heavy atom. The summed E-state index contributed by atoms with van der Waals surface area (Å²) in [7, 11) is 0. The Hall–Kier alpha value is -6.12. The third kappa shape index (κ3) is 4.19. The maximum absolute atomic E-state index is 2.44. The number of nitrogens with zero attached hydrogens (tertiary/aromatic N) is 2. The van der Waals surface area contributed by atoms with E-state index in [0.29, 0.717) is 0 Å². The quantitative estimate of drug-likeness (QED) is 0.199. The first-order valence-corrected chi connectivity index (χ1v) is 15.8. The van der Waals surface area contributed by atoms with Gasteiger partial charge in [-0.25, -0.2) is 0 Å². The standard InChI is InChI=1S/C44H30N2/c1-3-14-31(15-4-1)32-26-28-33(29-27-32)34-16-13-19-36(30-34)45-40-23-10-7-20-37(40)43-38-21-8-11-24-41(38)46(35-17-5-2-6-18-35)44(43)39-22-9-12-25-42(39)45/h1-30H. The maximum atomic E-state index is 2.44. The van der Waals surface area contributed by atoms with Crippen LogP contribution in [0.3, 0.4) is 0 Å². The second-order valence-electron chi connectivity index (χ2n) is 11.8. The molecule has 0 amide bonds. The molecule has 0 saturated heterocycles. The Labute approximate surface area is 269 Å². The molecule has 0 bridgehead atoms. The van der Waals surface area contributed by atoms with Crippen molar-refractivity contribution in [1.82, 2.24) is 4.57 Å². The first-order valence-electron chi connectivity index (χ1n) is 15.8. The van der Waals surface area contributed by atoms with Gasteiger partial charge in [0, 0.05) is 33.5 Å². The minimum atomic E-state index is 1.13. The lowest BCUT2D eigenvalue weighted by Crippen LogP contribution is -2.11. The highest BCUT2D eigenvalue weighted by Crippen LogP contribution is 2.54. The van der Waals surface area contributed by atoms with Crippen molar-refractivity contribution < 1.29 is 0 Å². The van der Waals surface area contributed by atoms with Crippen LogP contribution in [0.5, 0.6) is 0 Å². The molecule has 2 heterocycles. The minimum absolute atomic E-state index is 1.13. The summed E-state index contributed by atoms with van der Waals surface area (Å²) in [5.74, 6) is 0. The van der Waals surface area contributed by atoms with Crippen molar-refractivity contribution in [2.45, 2.75) is 0 Å². The molecule has 1 aliphatic heterocycles. The van der Waals surface area contributed by atoms with Gasteiger partial charge in [0.15, 0.2) is 0 Å². The van der Waals surface area contributed by atoms with Crippen LogP contribution in [0.1, 0.15) is 0 Å². The fourth-order valence-electron chi connectivity index (χ4n) is 7.08. The summed E-state index contributed by atoms with van der Waals surface area (Å²) >= 11 is 0. The van der Waals surface area contributed by atoms with E-state index in [1.807, 2.05) is 0 Å². The van der Waals surface area contributed by atoms with Crippen LogP contribution in [0.25, 0.3) is 61.2 Å². The zero-order valence-corrected chi connectivity index (χ0v) is 25.2. The Kier molecular flexibility index (Phi) is 6.17. The van der Waals surface area contributed by atoms with E-state index < -0.39 is 0 Å². The fourth-order valence-corrected chi connectivity index (χ4v) is 7.08. The van der Waals surface area contributed by atoms with Crippen LogP contribution in [0.15, 0.2) is 182 Å². The summed E-state index contributed by atoms with van der Waals surface area (Å²) in [6.07, 6.45) is 0. The summed E-state index contributed by atoms with van der Waals surface area (Å²) in [6.45, 7) is 0. The molecule has 216 valence electrons. The van der Waals surface area contributed by atoms with Gasteiger partial charge in [-0.15, -0.1) is 0 Å². The first-order chi connectivity index (χ1) is 22.8. The average Bonchev–Trinajstić information content (AvgIpc) is 3.42. The van der Waals surface area contributed by atoms with E-state index in [2.05, 4.69) is 191 Å². The summed E-state index contributed by atoms with van der Waals surface area (Å²) in [5.41, 5.74) is 15.5. The third-order valence-electron chi connectivity index (χ3n) is 9.13. The van der Waals surface area contributed by atoms with E-state index in [1.54, 1.807) is 0 Å². The molecular weight excluding hydrogens is 556 g/mol. The number of benzene rings is 7. The molecule has 9 rings (SSSR count). The Morgan fingerprint density at radius 1 is 0.348 bits per heavy atom. The number of hydrogen-bond acceptors (Lipinski definition) is 1. The summed E-state index contributed by atoms with van der Waals surface area (Å²) in [6, 6.07) is 65.7. The second kappa shape index (κ2) is 10.8. The molecule has 1 aromatic heterocycles. The third-order valence-corrected chi connectivity index (χ3v) is 9.13. The van der Waals surface area contributed by atoms with Gasteiger partial charge in [0.2, 0.25) is 0 Å². The van der Waals surface area contributed by atoms with Crippen LogP contribution in [0.4, 0.5) is 17.1 Å². The zero-order chi connectivity index (χ0) is 30.5. The van der Waals surface area contributed by atoms with E-state index >= 15 is 0 Å². The Balaban J connectivity index is 1.26. The van der Waals surface area contributed by atoms with Crippen LogP contribution in [0, 0.1) is 0 Å². The van der Waals surface area contributed by atoms with Gasteiger partial charge in [0.25, 0.3) is 0 Å². The number of anilines is 3. The van der Waals surface area contributed by atoms with Crippen molar-refractivity contribution in [3.05, 3.63) is 182 Å². The van der Waals surface area contributed by atoms with E-state index in [0.717, 1.165) is 17.1 Å². The van der Waals surface area contributed by atoms with Crippen molar-refractivity contribution in [1.29, 1.82) is 0 Å². The van der Waals surface area contributed by atoms with Gasteiger partial charge in [0.05, 0.1) is 22.6 Å². The monoisotopic (exact) mass is 586 g/mol. The predicted octanol–water partition coefficient (Wildman–Crippen LogP) is 12.1. The lowest BCUT2D eigenvalue weighted by atomic mass is 9.98. The molecule has 8 aromatic rings. The van der Waals surface area contributed by atoms with Gasteiger partial charge in [-0.1, -0.05) is 140 Å². The van der Waals surface area contributed by atoms with Crippen LogP contribution in [0.2, 0.25) is 0 Å². The fraction of sp³-hybridized carbons (Fsp3) is 0. The number of para-hydroxylation sites is 4. The summed E-state index contributed by atoms with van der Waals surface area (Å²) in [5, 5.41) is 1.25. The van der Waals surface area contributed by atoms with Crippen molar-refractivity contribution in [2.24, 2.45) is 0 Å². The van der Waals surface area contributed by atoms with E-state index in [9.17, 15) is 0 Å². The first kappa shape index (κ1) is 26.3. The van der Waals surface area contributed by atoms with E-state index in [-0.39, 0.29) is 0 Å². The van der Waals surface area contributed by atoms with Crippen LogP contribution in [-0.4, -0.2) is 4.57 Å². The van der Waals surface area contributed by atoms with Gasteiger partial charge in [-0.05, 0) is 64.7 Å². The van der Waals surface area contributed by atoms with E-state index in [1.165, 1.54) is 61.2 Å². The normalized spacial score (nSPS) is 11.9. The molecule has 0 aliphatic carbocycles. The van der Waals surface area contributed by atoms with Crippen molar-refractivity contribution in [2.75, 3.05) is 4.90 Å². The molecule has 7 aromatic carbocycles. The maximum Gasteiger partial charge on any atom is 0.0641 e. The molecule has 2 nitrogen and oxygen atoms in total. The van der Waals surface area contributed by atoms with Gasteiger partial charge < -0.3 is 9.47 Å². The topological polar surface area (TPSA) is 8.17 Å². The van der Waals surface area contributed by atoms with Gasteiger partial charge >= 0.3 is 0 Å². The van der Waals surface area contributed by atoms with Crippen LogP contribution in [-0.2, 0) is 0 Å². The van der Waals surface area contributed by atoms with Gasteiger partial charge in [0.1, 0.15) is 0 Å². The lowest BCUT2D eigenvalue weighted by Gasteiger charge is -2.28. The minimum Gasteiger partial charge on any atom is -0.309 e. The van der Waals surface area contributed by atoms with Gasteiger partial charge in [-0.2, -0.15) is 0 Å². The highest BCUT2D eigenvalue weighted by Gasteiger charge is 2.31.